The highest BCUT2D eigenvalue weighted by atomic mass is 35.5. The Morgan fingerprint density at radius 2 is 2.19 bits per heavy atom. The normalized spacial score (nSPS) is 21.2. The number of aryl methyl sites for hydroxylation is 1. The Bertz CT molecular complexity index is 369. The summed E-state index contributed by atoms with van der Waals surface area (Å²) in [5.41, 5.74) is 0.755. The van der Waals surface area contributed by atoms with E-state index in [2.05, 4.69) is 12.0 Å². The zero-order valence-corrected chi connectivity index (χ0v) is 10.7. The lowest BCUT2D eigenvalue weighted by molar-refractivity contribution is 0.0337. The molecule has 0 aromatic carbocycles. The van der Waals surface area contributed by atoms with Gasteiger partial charge in [0.15, 0.2) is 0 Å². The standard InChI is InChI=1S/C12H19ClN2O/c1-3-15-10(9(13)8-14-15)11(16)12(2)6-4-5-7-12/h8,11,16H,3-7H2,1-2H3. The van der Waals surface area contributed by atoms with Gasteiger partial charge in [-0.25, -0.2) is 0 Å². The van der Waals surface area contributed by atoms with E-state index >= 15 is 0 Å². The Kier molecular flexibility index (Phi) is 3.27. The minimum atomic E-state index is -0.495. The third-order valence-corrected chi connectivity index (χ3v) is 4.09. The van der Waals surface area contributed by atoms with Gasteiger partial charge in [-0.15, -0.1) is 0 Å². The van der Waals surface area contributed by atoms with Crippen molar-refractivity contribution in [1.29, 1.82) is 0 Å². The summed E-state index contributed by atoms with van der Waals surface area (Å²) in [6.07, 6.45) is 5.67. The van der Waals surface area contributed by atoms with Crippen LogP contribution in [0.25, 0.3) is 0 Å². The van der Waals surface area contributed by atoms with E-state index in [1.165, 1.54) is 12.8 Å². The van der Waals surface area contributed by atoms with E-state index in [9.17, 15) is 5.11 Å². The monoisotopic (exact) mass is 242 g/mol. The first-order valence-electron chi connectivity index (χ1n) is 5.98. The summed E-state index contributed by atoms with van der Waals surface area (Å²) in [4.78, 5) is 0. The molecule has 1 aliphatic rings. The molecule has 1 unspecified atom stereocenters. The van der Waals surface area contributed by atoms with Gasteiger partial charge in [0, 0.05) is 6.54 Å². The minimum Gasteiger partial charge on any atom is -0.386 e. The van der Waals surface area contributed by atoms with Gasteiger partial charge < -0.3 is 5.11 Å². The highest BCUT2D eigenvalue weighted by molar-refractivity contribution is 6.31. The van der Waals surface area contributed by atoms with Gasteiger partial charge in [0.1, 0.15) is 6.10 Å². The molecule has 90 valence electrons. The van der Waals surface area contributed by atoms with Gasteiger partial charge in [-0.1, -0.05) is 31.4 Å². The molecule has 1 atom stereocenters. The van der Waals surface area contributed by atoms with Crippen LogP contribution in [0.5, 0.6) is 0 Å². The zero-order valence-electron chi connectivity index (χ0n) is 9.91. The highest BCUT2D eigenvalue weighted by Gasteiger charge is 2.39. The fourth-order valence-electron chi connectivity index (χ4n) is 2.68. The van der Waals surface area contributed by atoms with Crippen LogP contribution in [0.1, 0.15) is 51.3 Å². The second-order valence-corrected chi connectivity index (χ2v) is 5.36. The lowest BCUT2D eigenvalue weighted by Gasteiger charge is -2.30. The Balaban J connectivity index is 2.32. The van der Waals surface area contributed by atoms with Crippen LogP contribution < -0.4 is 0 Å². The molecule has 1 heterocycles. The van der Waals surface area contributed by atoms with Crippen molar-refractivity contribution in [3.8, 4) is 0 Å². The van der Waals surface area contributed by atoms with Crippen molar-refractivity contribution in [2.45, 2.75) is 52.2 Å². The summed E-state index contributed by atoms with van der Waals surface area (Å²) in [5.74, 6) is 0. The number of hydrogen-bond donors (Lipinski definition) is 1. The van der Waals surface area contributed by atoms with Crippen molar-refractivity contribution >= 4 is 11.6 Å². The number of aliphatic hydroxyl groups is 1. The van der Waals surface area contributed by atoms with Crippen LogP contribution in [0.2, 0.25) is 5.02 Å². The van der Waals surface area contributed by atoms with Gasteiger partial charge in [0.05, 0.1) is 16.9 Å². The molecule has 1 aromatic heterocycles. The lowest BCUT2D eigenvalue weighted by atomic mass is 9.81. The molecule has 0 amide bonds. The Morgan fingerprint density at radius 1 is 1.56 bits per heavy atom. The number of nitrogens with zero attached hydrogens (tertiary/aromatic N) is 2. The minimum absolute atomic E-state index is 0.0312. The fraction of sp³-hybridized carbons (Fsp3) is 0.750. The molecule has 0 saturated heterocycles. The summed E-state index contributed by atoms with van der Waals surface area (Å²) < 4.78 is 1.80. The lowest BCUT2D eigenvalue weighted by Crippen LogP contribution is -2.24. The molecular weight excluding hydrogens is 224 g/mol. The number of aromatic nitrogens is 2. The van der Waals surface area contributed by atoms with Crippen LogP contribution in [0.15, 0.2) is 6.20 Å². The number of halogens is 1. The summed E-state index contributed by atoms with van der Waals surface area (Å²) in [5, 5.41) is 15.3. The highest BCUT2D eigenvalue weighted by Crippen LogP contribution is 2.48. The average Bonchev–Trinajstić information content (AvgIpc) is 2.85. The van der Waals surface area contributed by atoms with E-state index in [-0.39, 0.29) is 5.41 Å². The van der Waals surface area contributed by atoms with Crippen molar-refractivity contribution in [3.63, 3.8) is 0 Å². The van der Waals surface area contributed by atoms with Crippen molar-refractivity contribution in [1.82, 2.24) is 9.78 Å². The number of hydrogen-bond acceptors (Lipinski definition) is 2. The third-order valence-electron chi connectivity index (χ3n) is 3.80. The largest absolute Gasteiger partial charge is 0.386 e. The molecule has 4 heteroatoms. The molecule has 16 heavy (non-hydrogen) atoms. The quantitative estimate of drug-likeness (QED) is 0.884. The van der Waals surface area contributed by atoms with Crippen LogP contribution in [-0.4, -0.2) is 14.9 Å². The molecule has 1 N–H and O–H groups in total. The topological polar surface area (TPSA) is 38.0 Å². The molecule has 0 radical (unpaired) electrons. The van der Waals surface area contributed by atoms with Crippen molar-refractivity contribution in [2.24, 2.45) is 5.41 Å². The number of rotatable bonds is 3. The maximum atomic E-state index is 10.5. The van der Waals surface area contributed by atoms with Gasteiger partial charge in [0.2, 0.25) is 0 Å². The van der Waals surface area contributed by atoms with Crippen LogP contribution in [0.3, 0.4) is 0 Å². The Hall–Kier alpha value is -0.540. The van der Waals surface area contributed by atoms with Crippen LogP contribution >= 0.6 is 11.6 Å². The third kappa shape index (κ3) is 1.87. The summed E-state index contributed by atoms with van der Waals surface area (Å²) in [7, 11) is 0. The molecule has 1 saturated carbocycles. The van der Waals surface area contributed by atoms with E-state index in [0.29, 0.717) is 5.02 Å². The van der Waals surface area contributed by atoms with E-state index in [4.69, 9.17) is 11.6 Å². The second-order valence-electron chi connectivity index (χ2n) is 4.96. The zero-order chi connectivity index (χ0) is 11.8. The smallest absolute Gasteiger partial charge is 0.102 e. The first kappa shape index (κ1) is 11.9. The molecule has 0 spiro atoms. The first-order valence-corrected chi connectivity index (χ1v) is 6.35. The predicted octanol–water partition coefficient (Wildman–Crippen LogP) is 3.17. The predicted molar refractivity (Wildman–Crippen MR) is 64.4 cm³/mol. The van der Waals surface area contributed by atoms with Crippen LogP contribution in [-0.2, 0) is 6.54 Å². The van der Waals surface area contributed by atoms with E-state index in [0.717, 1.165) is 25.1 Å². The average molecular weight is 243 g/mol. The molecule has 0 bridgehead atoms. The van der Waals surface area contributed by atoms with Gasteiger partial charge in [0.25, 0.3) is 0 Å². The van der Waals surface area contributed by atoms with Gasteiger partial charge >= 0.3 is 0 Å². The first-order chi connectivity index (χ1) is 7.58. The number of aliphatic hydroxyl groups excluding tert-OH is 1. The molecule has 0 aliphatic heterocycles. The summed E-state index contributed by atoms with van der Waals surface area (Å²) >= 11 is 6.12. The second kappa shape index (κ2) is 4.38. The molecule has 1 fully saturated rings. The van der Waals surface area contributed by atoms with Crippen LogP contribution in [0.4, 0.5) is 0 Å². The SMILES string of the molecule is CCn1ncc(Cl)c1C(O)C1(C)CCCC1. The maximum absolute atomic E-state index is 10.5. The molecule has 3 nitrogen and oxygen atoms in total. The van der Waals surface area contributed by atoms with Crippen molar-refractivity contribution in [3.05, 3.63) is 16.9 Å². The van der Waals surface area contributed by atoms with Crippen molar-refractivity contribution < 1.29 is 5.11 Å². The van der Waals surface area contributed by atoms with E-state index in [1.807, 2.05) is 6.92 Å². The van der Waals surface area contributed by atoms with Gasteiger partial charge in [-0.05, 0) is 25.2 Å². The summed E-state index contributed by atoms with van der Waals surface area (Å²) in [6, 6.07) is 0. The van der Waals surface area contributed by atoms with E-state index < -0.39 is 6.10 Å². The molecule has 1 aromatic rings. The van der Waals surface area contributed by atoms with E-state index in [1.54, 1.807) is 10.9 Å². The Morgan fingerprint density at radius 3 is 2.75 bits per heavy atom. The summed E-state index contributed by atoms with van der Waals surface area (Å²) in [6.45, 7) is 4.90. The fourth-order valence-corrected chi connectivity index (χ4v) is 2.93. The molecular formula is C12H19ClN2O. The van der Waals surface area contributed by atoms with Crippen LogP contribution in [0, 0.1) is 5.41 Å². The van der Waals surface area contributed by atoms with Gasteiger partial charge in [-0.2, -0.15) is 5.10 Å². The Labute approximate surface area is 101 Å². The van der Waals surface area contributed by atoms with Gasteiger partial charge in [-0.3, -0.25) is 4.68 Å². The van der Waals surface area contributed by atoms with Crippen molar-refractivity contribution in [2.75, 3.05) is 0 Å². The molecule has 1 aliphatic carbocycles. The molecule has 2 rings (SSSR count). The maximum Gasteiger partial charge on any atom is 0.102 e.